The minimum atomic E-state index is 0.0315. The largest absolute Gasteiger partial charge is 0.350 e. The Morgan fingerprint density at radius 2 is 2.33 bits per heavy atom. The smallest absolute Gasteiger partial charge is 0.234 e. The molecule has 0 fully saturated rings. The topological polar surface area (TPSA) is 41.1 Å². The molecule has 0 unspecified atom stereocenters. The summed E-state index contributed by atoms with van der Waals surface area (Å²) in [6.07, 6.45) is 0. The molecule has 0 aromatic carbocycles. The van der Waals surface area contributed by atoms with Crippen LogP contribution in [-0.2, 0) is 11.3 Å². The molecular formula is C10H15BrN2OS. The fourth-order valence-electron chi connectivity index (χ4n) is 0.989. The molecule has 0 aliphatic rings. The van der Waals surface area contributed by atoms with Crippen molar-refractivity contribution in [2.75, 3.05) is 6.54 Å². The molecule has 3 nitrogen and oxygen atoms in total. The molecule has 0 saturated carbocycles. The van der Waals surface area contributed by atoms with Gasteiger partial charge in [0.25, 0.3) is 0 Å². The third kappa shape index (κ3) is 4.77. The highest BCUT2D eigenvalue weighted by Crippen LogP contribution is 2.21. The van der Waals surface area contributed by atoms with Gasteiger partial charge >= 0.3 is 0 Å². The molecule has 0 radical (unpaired) electrons. The van der Waals surface area contributed by atoms with E-state index in [1.165, 1.54) is 0 Å². The molecule has 5 heteroatoms. The monoisotopic (exact) mass is 290 g/mol. The lowest BCUT2D eigenvalue weighted by Gasteiger charge is -2.08. The van der Waals surface area contributed by atoms with Crippen LogP contribution >= 0.6 is 27.3 Å². The summed E-state index contributed by atoms with van der Waals surface area (Å²) in [4.78, 5) is 12.5. The van der Waals surface area contributed by atoms with Gasteiger partial charge in [0.05, 0.1) is 13.1 Å². The average Bonchev–Trinajstić information content (AvgIpc) is 2.58. The van der Waals surface area contributed by atoms with Crippen LogP contribution in [0, 0.1) is 0 Å². The Balaban J connectivity index is 2.26. The normalized spacial score (nSPS) is 10.7. The van der Waals surface area contributed by atoms with E-state index in [0.717, 1.165) is 9.35 Å². The van der Waals surface area contributed by atoms with Crippen molar-refractivity contribution in [3.8, 4) is 0 Å². The number of hydrogen-bond donors (Lipinski definition) is 2. The molecule has 84 valence electrons. The maximum absolute atomic E-state index is 11.4. The highest BCUT2D eigenvalue weighted by Gasteiger charge is 2.04. The Bertz CT molecular complexity index is 325. The summed E-state index contributed by atoms with van der Waals surface area (Å²) in [7, 11) is 0. The van der Waals surface area contributed by atoms with Gasteiger partial charge in [0.2, 0.25) is 5.91 Å². The van der Waals surface area contributed by atoms with Crippen LogP contribution in [0.4, 0.5) is 0 Å². The molecule has 0 spiro atoms. The number of rotatable bonds is 5. The van der Waals surface area contributed by atoms with Crippen molar-refractivity contribution in [1.82, 2.24) is 10.6 Å². The van der Waals surface area contributed by atoms with E-state index in [1.54, 1.807) is 11.3 Å². The highest BCUT2D eigenvalue weighted by molar-refractivity contribution is 9.10. The molecule has 0 bridgehead atoms. The van der Waals surface area contributed by atoms with Crippen molar-refractivity contribution in [3.05, 3.63) is 20.8 Å². The lowest BCUT2D eigenvalue weighted by atomic mass is 10.4. The predicted octanol–water partition coefficient (Wildman–Crippen LogP) is 2.12. The van der Waals surface area contributed by atoms with E-state index in [0.29, 0.717) is 19.1 Å². The van der Waals surface area contributed by atoms with Gasteiger partial charge in [-0.15, -0.1) is 11.3 Å². The number of nitrogens with one attached hydrogen (secondary N) is 2. The van der Waals surface area contributed by atoms with Crippen molar-refractivity contribution in [1.29, 1.82) is 0 Å². The maximum Gasteiger partial charge on any atom is 0.234 e. The SMILES string of the molecule is CC(C)NCC(=O)NCc1sccc1Br. The minimum Gasteiger partial charge on any atom is -0.350 e. The van der Waals surface area contributed by atoms with Crippen molar-refractivity contribution >= 4 is 33.2 Å². The first-order chi connectivity index (χ1) is 7.09. The number of thiophene rings is 1. The quantitative estimate of drug-likeness (QED) is 0.872. The zero-order chi connectivity index (χ0) is 11.3. The van der Waals surface area contributed by atoms with Crippen LogP contribution in [0.15, 0.2) is 15.9 Å². The first-order valence-corrected chi connectivity index (χ1v) is 6.49. The molecule has 1 amide bonds. The van der Waals surface area contributed by atoms with Crippen molar-refractivity contribution in [3.63, 3.8) is 0 Å². The molecule has 1 heterocycles. The molecule has 15 heavy (non-hydrogen) atoms. The summed E-state index contributed by atoms with van der Waals surface area (Å²) >= 11 is 5.06. The lowest BCUT2D eigenvalue weighted by molar-refractivity contribution is -0.120. The summed E-state index contributed by atoms with van der Waals surface area (Å²) in [5.74, 6) is 0.0315. The molecule has 1 rings (SSSR count). The number of hydrogen-bond acceptors (Lipinski definition) is 3. The molecule has 1 aromatic heterocycles. The second-order valence-corrected chi connectivity index (χ2v) is 5.36. The van der Waals surface area contributed by atoms with Gasteiger partial charge < -0.3 is 10.6 Å². The van der Waals surface area contributed by atoms with E-state index in [4.69, 9.17) is 0 Å². The fraction of sp³-hybridized carbons (Fsp3) is 0.500. The number of carbonyl (C=O) groups excluding carboxylic acids is 1. The highest BCUT2D eigenvalue weighted by atomic mass is 79.9. The third-order valence-corrected chi connectivity index (χ3v) is 3.73. The molecule has 2 N–H and O–H groups in total. The summed E-state index contributed by atoms with van der Waals surface area (Å²) < 4.78 is 1.06. The van der Waals surface area contributed by atoms with E-state index < -0.39 is 0 Å². The molecule has 0 atom stereocenters. The Kier molecular flexibility index (Phi) is 5.28. The van der Waals surface area contributed by atoms with Crippen molar-refractivity contribution < 1.29 is 4.79 Å². The molecule has 1 aromatic rings. The first kappa shape index (κ1) is 12.7. The summed E-state index contributed by atoms with van der Waals surface area (Å²) in [6, 6.07) is 2.32. The second kappa shape index (κ2) is 6.25. The van der Waals surface area contributed by atoms with E-state index in [2.05, 4.69) is 26.6 Å². The van der Waals surface area contributed by atoms with Crippen molar-refractivity contribution in [2.45, 2.75) is 26.4 Å². The van der Waals surface area contributed by atoms with Gasteiger partial charge in [-0.3, -0.25) is 4.79 Å². The third-order valence-electron chi connectivity index (χ3n) is 1.81. The fourth-order valence-corrected chi connectivity index (χ4v) is 2.42. The van der Waals surface area contributed by atoms with Gasteiger partial charge in [-0.2, -0.15) is 0 Å². The van der Waals surface area contributed by atoms with Crippen LogP contribution in [0.2, 0.25) is 0 Å². The first-order valence-electron chi connectivity index (χ1n) is 4.81. The predicted molar refractivity (Wildman–Crippen MR) is 67.0 cm³/mol. The van der Waals surface area contributed by atoms with Crippen LogP contribution in [-0.4, -0.2) is 18.5 Å². The van der Waals surface area contributed by atoms with E-state index in [9.17, 15) is 4.79 Å². The molecular weight excluding hydrogens is 276 g/mol. The molecule has 0 aliphatic heterocycles. The minimum absolute atomic E-state index is 0.0315. The summed E-state index contributed by atoms with van der Waals surface area (Å²) in [6.45, 7) is 5.00. The molecule has 0 aliphatic carbocycles. The maximum atomic E-state index is 11.4. The van der Waals surface area contributed by atoms with E-state index >= 15 is 0 Å². The lowest BCUT2D eigenvalue weighted by Crippen LogP contribution is -2.36. The van der Waals surface area contributed by atoms with Crippen LogP contribution < -0.4 is 10.6 Å². The van der Waals surface area contributed by atoms with Gasteiger partial charge in [0.15, 0.2) is 0 Å². The zero-order valence-electron chi connectivity index (χ0n) is 8.84. The summed E-state index contributed by atoms with van der Waals surface area (Å²) in [5, 5.41) is 7.93. The summed E-state index contributed by atoms with van der Waals surface area (Å²) in [5.41, 5.74) is 0. The van der Waals surface area contributed by atoms with Gasteiger partial charge in [0, 0.05) is 15.4 Å². The van der Waals surface area contributed by atoms with Gasteiger partial charge in [-0.25, -0.2) is 0 Å². The number of halogens is 1. The van der Waals surface area contributed by atoms with Gasteiger partial charge in [-0.05, 0) is 27.4 Å². The van der Waals surface area contributed by atoms with E-state index in [1.807, 2.05) is 25.3 Å². The molecule has 0 saturated heterocycles. The Hall–Kier alpha value is -0.390. The number of carbonyl (C=O) groups is 1. The second-order valence-electron chi connectivity index (χ2n) is 3.50. The zero-order valence-corrected chi connectivity index (χ0v) is 11.2. The van der Waals surface area contributed by atoms with Crippen LogP contribution in [0.25, 0.3) is 0 Å². The van der Waals surface area contributed by atoms with Crippen molar-refractivity contribution in [2.24, 2.45) is 0 Å². The Labute approximate surface area is 102 Å². The van der Waals surface area contributed by atoms with Gasteiger partial charge in [0.1, 0.15) is 0 Å². The van der Waals surface area contributed by atoms with E-state index in [-0.39, 0.29) is 5.91 Å². The van der Waals surface area contributed by atoms with Crippen LogP contribution in [0.5, 0.6) is 0 Å². The van der Waals surface area contributed by atoms with Crippen LogP contribution in [0.3, 0.4) is 0 Å². The average molecular weight is 291 g/mol. The number of amides is 1. The van der Waals surface area contributed by atoms with Crippen LogP contribution in [0.1, 0.15) is 18.7 Å². The van der Waals surface area contributed by atoms with Gasteiger partial charge in [-0.1, -0.05) is 13.8 Å². The standard InChI is InChI=1S/C10H15BrN2OS/c1-7(2)12-6-10(14)13-5-9-8(11)3-4-15-9/h3-4,7,12H,5-6H2,1-2H3,(H,13,14). The Morgan fingerprint density at radius 1 is 1.60 bits per heavy atom. The Morgan fingerprint density at radius 3 is 2.87 bits per heavy atom.